The smallest absolute Gasteiger partial charge is 0.319 e. The summed E-state index contributed by atoms with van der Waals surface area (Å²) in [5.74, 6) is 1.28. The molecule has 4 atom stereocenters. The molecule has 0 radical (unpaired) electrons. The van der Waals surface area contributed by atoms with Crippen molar-refractivity contribution in [3.8, 4) is 5.75 Å². The molecule has 3 heterocycles. The Morgan fingerprint density at radius 3 is 2.42 bits per heavy atom. The van der Waals surface area contributed by atoms with E-state index in [1.54, 1.807) is 37.6 Å². The highest BCUT2D eigenvalue weighted by atomic mass is 16.6. The summed E-state index contributed by atoms with van der Waals surface area (Å²) in [6, 6.07) is 8.43. The van der Waals surface area contributed by atoms with Gasteiger partial charge in [-0.3, -0.25) is 0 Å². The maximum absolute atomic E-state index is 12.4. The van der Waals surface area contributed by atoms with Gasteiger partial charge in [0, 0.05) is 17.3 Å². The molecule has 31 heavy (non-hydrogen) atoms. The van der Waals surface area contributed by atoms with Crippen molar-refractivity contribution in [1.82, 2.24) is 15.3 Å². The minimum Gasteiger partial charge on any atom is -0.497 e. The first-order chi connectivity index (χ1) is 14.8. The lowest BCUT2D eigenvalue weighted by Crippen LogP contribution is -2.46. The molecule has 9 nitrogen and oxygen atoms in total. The van der Waals surface area contributed by atoms with Gasteiger partial charge in [-0.05, 0) is 30.3 Å². The molecule has 3 N–H and O–H groups in total. The molecule has 0 saturated carbocycles. The zero-order valence-electron chi connectivity index (χ0n) is 18.2. The van der Waals surface area contributed by atoms with Gasteiger partial charge in [0.15, 0.2) is 0 Å². The monoisotopic (exact) mass is 427 g/mol. The van der Waals surface area contributed by atoms with Crippen molar-refractivity contribution >= 4 is 17.7 Å². The highest BCUT2D eigenvalue weighted by Crippen LogP contribution is 2.29. The van der Waals surface area contributed by atoms with Crippen LogP contribution in [0.3, 0.4) is 0 Å². The fourth-order valence-corrected chi connectivity index (χ4v) is 3.77. The Bertz CT molecular complexity index is 915. The molecule has 2 fully saturated rings. The molecule has 0 spiro atoms. The third kappa shape index (κ3) is 4.88. The molecule has 2 aliphatic heterocycles. The summed E-state index contributed by atoms with van der Waals surface area (Å²) in [6.07, 6.45) is 1.34. The number of nitrogens with zero attached hydrogens (tertiary/aromatic N) is 2. The van der Waals surface area contributed by atoms with Gasteiger partial charge >= 0.3 is 6.03 Å². The van der Waals surface area contributed by atoms with Crippen LogP contribution in [0.4, 0.5) is 16.4 Å². The number of benzene rings is 1. The number of amides is 2. The molecule has 166 valence electrons. The number of fused-ring (bicyclic) bond motifs is 1. The van der Waals surface area contributed by atoms with E-state index >= 15 is 0 Å². The number of nitrogens with one attached hydrogen (secondary N) is 3. The number of urea groups is 1. The largest absolute Gasteiger partial charge is 0.497 e. The van der Waals surface area contributed by atoms with E-state index in [9.17, 15) is 4.79 Å². The zero-order chi connectivity index (χ0) is 22.0. The van der Waals surface area contributed by atoms with Crippen LogP contribution in [-0.4, -0.2) is 60.6 Å². The lowest BCUT2D eigenvalue weighted by atomic mass is 9.92. The van der Waals surface area contributed by atoms with E-state index < -0.39 is 0 Å². The lowest BCUT2D eigenvalue weighted by Gasteiger charge is -2.21. The molecule has 2 amide bonds. The minimum absolute atomic E-state index is 0.0653. The first-order valence-electron chi connectivity index (χ1n) is 10.4. The predicted octanol–water partition coefficient (Wildman–Crippen LogP) is 2.55. The van der Waals surface area contributed by atoms with Crippen LogP contribution in [0.5, 0.6) is 5.75 Å². The van der Waals surface area contributed by atoms with Crippen LogP contribution in [0, 0.1) is 0 Å². The Balaban J connectivity index is 1.33. The van der Waals surface area contributed by atoms with Gasteiger partial charge in [0.05, 0.1) is 38.1 Å². The van der Waals surface area contributed by atoms with Crippen LogP contribution in [-0.2, 0) is 14.9 Å². The molecule has 2 aromatic rings. The number of ether oxygens (including phenoxy) is 3. The van der Waals surface area contributed by atoms with Crippen molar-refractivity contribution < 1.29 is 19.0 Å². The molecule has 9 heteroatoms. The van der Waals surface area contributed by atoms with Gasteiger partial charge in [-0.2, -0.15) is 0 Å². The molecule has 2 aliphatic rings. The van der Waals surface area contributed by atoms with Crippen LogP contribution in [0.2, 0.25) is 0 Å². The van der Waals surface area contributed by atoms with E-state index in [0.717, 1.165) is 11.4 Å². The fraction of sp³-hybridized carbons (Fsp3) is 0.500. The Morgan fingerprint density at radius 2 is 1.74 bits per heavy atom. The van der Waals surface area contributed by atoms with Gasteiger partial charge in [0.25, 0.3) is 0 Å². The summed E-state index contributed by atoms with van der Waals surface area (Å²) in [6.45, 7) is 7.17. The fourth-order valence-electron chi connectivity index (χ4n) is 3.77. The second kappa shape index (κ2) is 8.68. The summed E-state index contributed by atoms with van der Waals surface area (Å²) in [4.78, 5) is 21.4. The number of carbonyl (C=O) groups excluding carboxylic acids is 1. The molecular weight excluding hydrogens is 398 g/mol. The summed E-state index contributed by atoms with van der Waals surface area (Å²) in [5.41, 5.74) is 1.57. The van der Waals surface area contributed by atoms with E-state index in [-0.39, 0.29) is 35.7 Å². The molecule has 2 saturated heterocycles. The van der Waals surface area contributed by atoms with Gasteiger partial charge in [0.2, 0.25) is 5.95 Å². The molecule has 1 aromatic carbocycles. The topological polar surface area (TPSA) is 107 Å². The maximum Gasteiger partial charge on any atom is 0.319 e. The van der Waals surface area contributed by atoms with Crippen molar-refractivity contribution in [3.05, 3.63) is 42.2 Å². The van der Waals surface area contributed by atoms with Crippen molar-refractivity contribution in [2.75, 3.05) is 31.0 Å². The molecule has 0 unspecified atom stereocenters. The number of rotatable bonds is 5. The number of methoxy groups -OCH3 is 1. The van der Waals surface area contributed by atoms with Crippen LogP contribution >= 0.6 is 0 Å². The Hall–Kier alpha value is -2.91. The van der Waals surface area contributed by atoms with E-state index in [0.29, 0.717) is 24.8 Å². The average molecular weight is 428 g/mol. The van der Waals surface area contributed by atoms with Gasteiger partial charge in [-0.25, -0.2) is 14.8 Å². The van der Waals surface area contributed by atoms with Crippen molar-refractivity contribution in [2.45, 2.75) is 50.5 Å². The van der Waals surface area contributed by atoms with Gasteiger partial charge < -0.3 is 30.2 Å². The van der Waals surface area contributed by atoms with Crippen molar-refractivity contribution in [3.63, 3.8) is 0 Å². The van der Waals surface area contributed by atoms with Crippen LogP contribution in [0.25, 0.3) is 0 Å². The predicted molar refractivity (Wildman–Crippen MR) is 117 cm³/mol. The third-order valence-corrected chi connectivity index (χ3v) is 5.46. The highest BCUT2D eigenvalue weighted by Gasteiger charge is 2.48. The van der Waals surface area contributed by atoms with E-state index in [1.165, 1.54) is 0 Å². The molecule has 4 rings (SSSR count). The minimum atomic E-state index is -0.305. The quantitative estimate of drug-likeness (QED) is 0.673. The van der Waals surface area contributed by atoms with Gasteiger partial charge in [-0.15, -0.1) is 0 Å². The van der Waals surface area contributed by atoms with E-state index in [1.807, 2.05) is 6.07 Å². The number of hydrogen-bond donors (Lipinski definition) is 3. The lowest BCUT2D eigenvalue weighted by molar-refractivity contribution is 0.0683. The number of anilines is 2. The normalized spacial score (nSPS) is 25.0. The second-order valence-electron chi connectivity index (χ2n) is 8.80. The average Bonchev–Trinajstić information content (AvgIpc) is 3.32. The molecular formula is C22H29N5O4. The SMILES string of the molecule is COc1ccc(NC(=O)N[C@H]2CO[C@H]3[C@@H]2OC[C@@H]3Nc2nccc(C(C)(C)C)n2)cc1. The highest BCUT2D eigenvalue weighted by molar-refractivity contribution is 5.89. The summed E-state index contributed by atoms with van der Waals surface area (Å²) < 4.78 is 17.0. The Kier molecular flexibility index (Phi) is 5.97. The Labute approximate surface area is 181 Å². The third-order valence-electron chi connectivity index (χ3n) is 5.46. The zero-order valence-corrected chi connectivity index (χ0v) is 18.2. The van der Waals surface area contributed by atoms with Crippen LogP contribution < -0.4 is 20.7 Å². The first-order valence-corrected chi connectivity index (χ1v) is 10.4. The van der Waals surface area contributed by atoms with E-state index in [4.69, 9.17) is 14.2 Å². The summed E-state index contributed by atoms with van der Waals surface area (Å²) >= 11 is 0. The maximum atomic E-state index is 12.4. The van der Waals surface area contributed by atoms with Crippen LogP contribution in [0.1, 0.15) is 26.5 Å². The summed E-state index contributed by atoms with van der Waals surface area (Å²) in [5, 5.41) is 9.11. The molecule has 0 aliphatic carbocycles. The Morgan fingerprint density at radius 1 is 1.06 bits per heavy atom. The molecule has 1 aromatic heterocycles. The number of hydrogen-bond acceptors (Lipinski definition) is 7. The van der Waals surface area contributed by atoms with Crippen LogP contribution in [0.15, 0.2) is 36.5 Å². The van der Waals surface area contributed by atoms with E-state index in [2.05, 4.69) is 46.7 Å². The number of aromatic nitrogens is 2. The second-order valence-corrected chi connectivity index (χ2v) is 8.80. The van der Waals surface area contributed by atoms with Crippen molar-refractivity contribution in [2.24, 2.45) is 0 Å². The molecule has 0 bridgehead atoms. The summed E-state index contributed by atoms with van der Waals surface area (Å²) in [7, 11) is 1.60. The standard InChI is InChI=1S/C22H29N5O4/c1-22(2,3)17-9-10-23-20(27-17)25-15-11-30-19-16(12-31-18(15)19)26-21(28)24-13-5-7-14(29-4)8-6-13/h5-10,15-16,18-19H,11-12H2,1-4H3,(H,23,25,27)(H2,24,26,28)/t15-,16-,18+,19+/m0/s1. The number of carbonyl (C=O) groups is 1. The van der Waals surface area contributed by atoms with Crippen molar-refractivity contribution in [1.29, 1.82) is 0 Å². The van der Waals surface area contributed by atoms with Gasteiger partial charge in [0.1, 0.15) is 18.0 Å². The van der Waals surface area contributed by atoms with Gasteiger partial charge in [-0.1, -0.05) is 20.8 Å². The first kappa shape index (κ1) is 21.3.